The highest BCUT2D eigenvalue weighted by Crippen LogP contribution is 2.27. The molecule has 34 heavy (non-hydrogen) atoms. The van der Waals surface area contributed by atoms with Crippen LogP contribution in [0.2, 0.25) is 0 Å². The molecule has 3 heterocycles. The molecule has 178 valence electrons. The Morgan fingerprint density at radius 3 is 2.82 bits per heavy atom. The molecule has 0 radical (unpaired) electrons. The number of halogens is 1. The summed E-state index contributed by atoms with van der Waals surface area (Å²) in [6.07, 6.45) is 7.39. The largest absolute Gasteiger partial charge is 0.492 e. The van der Waals surface area contributed by atoms with E-state index in [9.17, 15) is 4.39 Å². The van der Waals surface area contributed by atoms with Gasteiger partial charge in [0.25, 0.3) is 0 Å². The molecule has 0 bridgehead atoms. The van der Waals surface area contributed by atoms with Crippen LogP contribution in [0.4, 0.5) is 16.0 Å². The van der Waals surface area contributed by atoms with Gasteiger partial charge in [0.1, 0.15) is 12.4 Å². The zero-order valence-electron chi connectivity index (χ0n) is 19.5. The molecule has 2 aromatic heterocycles. The summed E-state index contributed by atoms with van der Waals surface area (Å²) < 4.78 is 25.4. The van der Waals surface area contributed by atoms with Gasteiger partial charge in [0.05, 0.1) is 18.9 Å². The predicted molar refractivity (Wildman–Crippen MR) is 131 cm³/mol. The number of aryl methyl sites for hydroxylation is 1. The first-order valence-corrected chi connectivity index (χ1v) is 11.5. The number of nitrogens with zero attached hydrogens (tertiary/aromatic N) is 4. The summed E-state index contributed by atoms with van der Waals surface area (Å²) in [5.41, 5.74) is 3.87. The maximum atomic E-state index is 13.6. The monoisotopic (exact) mass is 463 g/mol. The van der Waals surface area contributed by atoms with Crippen LogP contribution in [0.25, 0.3) is 11.3 Å². The van der Waals surface area contributed by atoms with Crippen LogP contribution in [0, 0.1) is 12.9 Å². The fourth-order valence-corrected chi connectivity index (χ4v) is 3.93. The Balaban J connectivity index is 1.50. The Kier molecular flexibility index (Phi) is 8.17. The number of hydrogen-bond acceptors (Lipinski definition) is 7. The summed E-state index contributed by atoms with van der Waals surface area (Å²) >= 11 is 0. The Bertz CT molecular complexity index is 1120. The summed E-state index contributed by atoms with van der Waals surface area (Å²) in [6, 6.07) is 8.93. The average molecular weight is 464 g/mol. The van der Waals surface area contributed by atoms with Crippen LogP contribution < -0.4 is 10.1 Å². The van der Waals surface area contributed by atoms with Gasteiger partial charge in [-0.05, 0) is 62.7 Å². The highest BCUT2D eigenvalue weighted by atomic mass is 19.1. The third kappa shape index (κ3) is 6.36. The topological polar surface area (TPSA) is 72.4 Å². The van der Waals surface area contributed by atoms with Crippen molar-refractivity contribution in [2.75, 3.05) is 38.2 Å². The van der Waals surface area contributed by atoms with Gasteiger partial charge >= 0.3 is 0 Å². The first kappa shape index (κ1) is 23.8. The van der Waals surface area contributed by atoms with Crippen molar-refractivity contribution in [3.05, 3.63) is 72.5 Å². The zero-order chi connectivity index (χ0) is 23.8. The molecule has 4 rings (SSSR count). The molecule has 0 saturated carbocycles. The van der Waals surface area contributed by atoms with Gasteiger partial charge in [0.15, 0.2) is 0 Å². The molecule has 0 amide bonds. The lowest BCUT2D eigenvalue weighted by Crippen LogP contribution is -2.25. The quantitative estimate of drug-likeness (QED) is 0.246. The lowest BCUT2D eigenvalue weighted by atomic mass is 10.1. The molecule has 0 spiro atoms. The molecule has 3 aromatic rings. The van der Waals surface area contributed by atoms with Crippen LogP contribution in [0.3, 0.4) is 0 Å². The molecule has 1 saturated heterocycles. The molecule has 0 atom stereocenters. The minimum Gasteiger partial charge on any atom is -0.492 e. The second-order valence-electron chi connectivity index (χ2n) is 8.24. The van der Waals surface area contributed by atoms with Crippen molar-refractivity contribution < 1.29 is 13.9 Å². The number of aromatic nitrogens is 3. The van der Waals surface area contributed by atoms with Crippen molar-refractivity contribution in [3.8, 4) is 17.0 Å². The Morgan fingerprint density at radius 1 is 1.18 bits per heavy atom. The van der Waals surface area contributed by atoms with Gasteiger partial charge in [-0.3, -0.25) is 4.90 Å². The first-order chi connectivity index (χ1) is 16.6. The number of nitrogens with one attached hydrogen (secondary N) is 1. The van der Waals surface area contributed by atoms with E-state index in [-0.39, 0.29) is 0 Å². The average Bonchev–Trinajstić information content (AvgIpc) is 3.35. The van der Waals surface area contributed by atoms with E-state index in [1.807, 2.05) is 25.1 Å². The lowest BCUT2D eigenvalue weighted by Gasteiger charge is -2.17. The van der Waals surface area contributed by atoms with Crippen molar-refractivity contribution in [1.82, 2.24) is 19.9 Å². The van der Waals surface area contributed by atoms with Crippen molar-refractivity contribution in [1.29, 1.82) is 0 Å². The molecule has 1 N–H and O–H groups in total. The first-order valence-electron chi connectivity index (χ1n) is 11.5. The molecule has 7 nitrogen and oxygen atoms in total. The standard InChI is InChI=1S/C26H30FN5O2/c1-3-13-33-18-21-15-22(6-7-23(21)34-14-12-32-10-4-5-11-32)30-26-29-17-19(2)25(31-26)20-8-9-28-24(27)16-20/h3,6-9,15-17H,1,4-5,10-14,18H2,2H3,(H,29,30,31). The molecular formula is C26H30FN5O2. The van der Waals surface area contributed by atoms with Crippen LogP contribution in [-0.4, -0.2) is 52.7 Å². The summed E-state index contributed by atoms with van der Waals surface area (Å²) in [6.45, 7) is 10.3. The fourth-order valence-electron chi connectivity index (χ4n) is 3.93. The van der Waals surface area contributed by atoms with Crippen LogP contribution in [0.1, 0.15) is 24.0 Å². The maximum Gasteiger partial charge on any atom is 0.227 e. The molecule has 1 aromatic carbocycles. The van der Waals surface area contributed by atoms with Gasteiger partial charge in [-0.25, -0.2) is 15.0 Å². The van der Waals surface area contributed by atoms with Crippen molar-refractivity contribution in [2.45, 2.75) is 26.4 Å². The van der Waals surface area contributed by atoms with Crippen LogP contribution in [0.5, 0.6) is 5.75 Å². The van der Waals surface area contributed by atoms with Gasteiger partial charge in [0.2, 0.25) is 11.9 Å². The van der Waals surface area contributed by atoms with Gasteiger partial charge < -0.3 is 14.8 Å². The normalized spacial score (nSPS) is 13.7. The molecule has 1 aliphatic heterocycles. The van der Waals surface area contributed by atoms with Gasteiger partial charge in [-0.1, -0.05) is 6.08 Å². The summed E-state index contributed by atoms with van der Waals surface area (Å²) in [4.78, 5) is 15.0. The second kappa shape index (κ2) is 11.7. The van der Waals surface area contributed by atoms with Crippen molar-refractivity contribution in [3.63, 3.8) is 0 Å². The van der Waals surface area contributed by atoms with Gasteiger partial charge in [0, 0.05) is 41.8 Å². The third-order valence-electron chi connectivity index (χ3n) is 5.65. The number of benzene rings is 1. The van der Waals surface area contributed by atoms with E-state index in [1.54, 1.807) is 18.3 Å². The van der Waals surface area contributed by atoms with E-state index >= 15 is 0 Å². The minimum atomic E-state index is -0.547. The van der Waals surface area contributed by atoms with Gasteiger partial charge in [-0.15, -0.1) is 6.58 Å². The number of likely N-dealkylation sites (tertiary alicyclic amines) is 1. The van der Waals surface area contributed by atoms with E-state index in [0.29, 0.717) is 37.0 Å². The maximum absolute atomic E-state index is 13.6. The molecule has 0 unspecified atom stereocenters. The van der Waals surface area contributed by atoms with E-state index < -0.39 is 5.95 Å². The number of rotatable bonds is 11. The molecule has 0 aliphatic carbocycles. The SMILES string of the molecule is C=CCOCc1cc(Nc2ncc(C)c(-c3ccnc(F)c3)n2)ccc1OCCN1CCCC1. The van der Waals surface area contributed by atoms with E-state index in [2.05, 4.69) is 31.7 Å². The van der Waals surface area contributed by atoms with Crippen molar-refractivity contribution >= 4 is 11.6 Å². The number of ether oxygens (including phenoxy) is 2. The number of pyridine rings is 1. The Labute approximate surface area is 199 Å². The van der Waals surface area contributed by atoms with E-state index in [1.165, 1.54) is 25.1 Å². The van der Waals surface area contributed by atoms with Crippen LogP contribution >= 0.6 is 0 Å². The van der Waals surface area contributed by atoms with Crippen LogP contribution in [-0.2, 0) is 11.3 Å². The molecule has 1 aliphatic rings. The minimum absolute atomic E-state index is 0.400. The Morgan fingerprint density at radius 2 is 2.03 bits per heavy atom. The highest BCUT2D eigenvalue weighted by Gasteiger charge is 2.13. The summed E-state index contributed by atoms with van der Waals surface area (Å²) in [5.74, 6) is 0.666. The summed E-state index contributed by atoms with van der Waals surface area (Å²) in [7, 11) is 0. The van der Waals surface area contributed by atoms with Gasteiger partial charge in [-0.2, -0.15) is 4.39 Å². The molecular weight excluding hydrogens is 433 g/mol. The third-order valence-corrected chi connectivity index (χ3v) is 5.65. The predicted octanol–water partition coefficient (Wildman–Crippen LogP) is 4.91. The Hall–Kier alpha value is -3.36. The van der Waals surface area contributed by atoms with Crippen LogP contribution in [0.15, 0.2) is 55.4 Å². The second-order valence-corrected chi connectivity index (χ2v) is 8.24. The highest BCUT2D eigenvalue weighted by molar-refractivity contribution is 5.65. The smallest absolute Gasteiger partial charge is 0.227 e. The van der Waals surface area contributed by atoms with E-state index in [0.717, 1.165) is 42.2 Å². The molecule has 8 heteroatoms. The number of anilines is 2. The molecule has 1 fully saturated rings. The van der Waals surface area contributed by atoms with E-state index in [4.69, 9.17) is 9.47 Å². The fraction of sp³-hybridized carbons (Fsp3) is 0.346. The van der Waals surface area contributed by atoms with Crippen molar-refractivity contribution in [2.24, 2.45) is 0 Å². The number of hydrogen-bond donors (Lipinski definition) is 1. The summed E-state index contributed by atoms with van der Waals surface area (Å²) in [5, 5.41) is 3.24. The lowest BCUT2D eigenvalue weighted by molar-refractivity contribution is 0.144. The zero-order valence-corrected chi connectivity index (χ0v) is 19.5.